The lowest BCUT2D eigenvalue weighted by molar-refractivity contribution is 0.156. The molecule has 0 rings (SSSR count). The Labute approximate surface area is 66.6 Å². The van der Waals surface area contributed by atoms with Crippen molar-refractivity contribution < 1.29 is 4.74 Å². The first-order valence-corrected chi connectivity index (χ1v) is 4.59. The molecule has 10 heavy (non-hydrogen) atoms. The lowest BCUT2D eigenvalue weighted by Crippen LogP contribution is -1.98. The number of nitriles is 1. The van der Waals surface area contributed by atoms with Crippen LogP contribution in [0.15, 0.2) is 0 Å². The zero-order valence-electron chi connectivity index (χ0n) is 6.30. The fourth-order valence-electron chi connectivity index (χ4n) is 0.482. The van der Waals surface area contributed by atoms with E-state index in [2.05, 4.69) is 6.92 Å². The lowest BCUT2D eigenvalue weighted by Gasteiger charge is -1.98. The van der Waals surface area contributed by atoms with Gasteiger partial charge in [-0.25, -0.2) is 0 Å². The molecule has 0 aliphatic carbocycles. The summed E-state index contributed by atoms with van der Waals surface area (Å²) >= 11 is 1.86. The fourth-order valence-corrected chi connectivity index (χ4v) is 1.01. The van der Waals surface area contributed by atoms with Crippen molar-refractivity contribution in [1.82, 2.24) is 0 Å². The molecule has 0 aromatic rings. The van der Waals surface area contributed by atoms with E-state index >= 15 is 0 Å². The minimum atomic E-state index is 0.511. The summed E-state index contributed by atoms with van der Waals surface area (Å²) in [5.41, 5.74) is 0. The molecule has 0 aromatic heterocycles. The zero-order chi connectivity index (χ0) is 7.66. The minimum absolute atomic E-state index is 0.511. The smallest absolute Gasteiger partial charge is 0.0645 e. The molecule has 0 unspecified atom stereocenters. The third-order valence-corrected chi connectivity index (χ3v) is 1.80. The Hall–Kier alpha value is -0.200. The van der Waals surface area contributed by atoms with Crippen LogP contribution in [0.2, 0.25) is 0 Å². The lowest BCUT2D eigenvalue weighted by atomic mass is 10.5. The summed E-state index contributed by atoms with van der Waals surface area (Å²) in [6, 6.07) is 2.03. The van der Waals surface area contributed by atoms with Gasteiger partial charge in [-0.2, -0.15) is 17.0 Å². The van der Waals surface area contributed by atoms with E-state index in [9.17, 15) is 0 Å². The molecule has 0 radical (unpaired) electrons. The van der Waals surface area contributed by atoms with Crippen LogP contribution in [0.25, 0.3) is 0 Å². The molecule has 0 saturated carbocycles. The second kappa shape index (κ2) is 8.80. The molecule has 0 atom stereocenters. The monoisotopic (exact) mass is 159 g/mol. The van der Waals surface area contributed by atoms with Gasteiger partial charge in [-0.3, -0.25) is 0 Å². The largest absolute Gasteiger partial charge is 0.380 e. The predicted molar refractivity (Wildman–Crippen MR) is 44.0 cm³/mol. The average Bonchev–Trinajstić information content (AvgIpc) is 1.97. The second-order valence-electron chi connectivity index (χ2n) is 1.72. The van der Waals surface area contributed by atoms with Gasteiger partial charge in [0.15, 0.2) is 0 Å². The summed E-state index contributed by atoms with van der Waals surface area (Å²) in [5, 5.41) is 8.13. The van der Waals surface area contributed by atoms with Gasteiger partial charge in [-0.1, -0.05) is 6.92 Å². The van der Waals surface area contributed by atoms with Crippen LogP contribution in [-0.4, -0.2) is 24.7 Å². The van der Waals surface area contributed by atoms with E-state index in [1.165, 1.54) is 0 Å². The van der Waals surface area contributed by atoms with Gasteiger partial charge < -0.3 is 4.74 Å². The summed E-state index contributed by atoms with van der Waals surface area (Å²) in [7, 11) is 0. The van der Waals surface area contributed by atoms with Crippen molar-refractivity contribution in [2.24, 2.45) is 0 Å². The molecule has 0 aliphatic heterocycles. The number of hydrogen-bond donors (Lipinski definition) is 0. The van der Waals surface area contributed by atoms with Crippen LogP contribution in [0.4, 0.5) is 0 Å². The van der Waals surface area contributed by atoms with Gasteiger partial charge in [-0.05, 0) is 5.75 Å². The van der Waals surface area contributed by atoms with Crippen molar-refractivity contribution >= 4 is 11.8 Å². The number of hydrogen-bond acceptors (Lipinski definition) is 3. The SMILES string of the molecule is CCSCCOCCC#N. The van der Waals surface area contributed by atoms with Gasteiger partial charge in [0.2, 0.25) is 0 Å². The molecule has 0 saturated heterocycles. The number of ether oxygens (including phenoxy) is 1. The van der Waals surface area contributed by atoms with Crippen molar-refractivity contribution in [3.8, 4) is 6.07 Å². The Morgan fingerprint density at radius 1 is 1.50 bits per heavy atom. The van der Waals surface area contributed by atoms with Gasteiger partial charge in [0.1, 0.15) is 0 Å². The molecule has 0 bridgehead atoms. The van der Waals surface area contributed by atoms with E-state index in [0.29, 0.717) is 13.0 Å². The molecule has 3 heteroatoms. The highest BCUT2D eigenvalue weighted by Crippen LogP contribution is 1.96. The highest BCUT2D eigenvalue weighted by molar-refractivity contribution is 7.99. The second-order valence-corrected chi connectivity index (χ2v) is 3.11. The molecular weight excluding hydrogens is 146 g/mol. The molecule has 2 nitrogen and oxygen atoms in total. The van der Waals surface area contributed by atoms with Crippen LogP contribution in [0.1, 0.15) is 13.3 Å². The molecular formula is C7H13NOS. The number of nitrogens with zero attached hydrogens (tertiary/aromatic N) is 1. The summed E-state index contributed by atoms with van der Waals surface area (Å²) in [4.78, 5) is 0. The standard InChI is InChI=1S/C7H13NOS/c1-2-10-7-6-9-5-3-4-8/h2-3,5-7H2,1H3. The van der Waals surface area contributed by atoms with Crippen LogP contribution in [0, 0.1) is 11.3 Å². The van der Waals surface area contributed by atoms with E-state index < -0.39 is 0 Å². The fraction of sp³-hybridized carbons (Fsp3) is 0.857. The Balaban J connectivity index is 2.72. The summed E-state index contributed by atoms with van der Waals surface area (Å²) in [6.07, 6.45) is 0.511. The molecule has 0 fully saturated rings. The van der Waals surface area contributed by atoms with Crippen LogP contribution < -0.4 is 0 Å². The Morgan fingerprint density at radius 3 is 2.90 bits per heavy atom. The molecule has 58 valence electrons. The van der Waals surface area contributed by atoms with Crippen molar-refractivity contribution in [2.45, 2.75) is 13.3 Å². The van der Waals surface area contributed by atoms with Gasteiger partial charge in [-0.15, -0.1) is 0 Å². The van der Waals surface area contributed by atoms with Gasteiger partial charge in [0.25, 0.3) is 0 Å². The predicted octanol–water partition coefficient (Wildman–Crippen LogP) is 1.67. The third-order valence-electron chi connectivity index (χ3n) is 0.934. The first-order valence-electron chi connectivity index (χ1n) is 3.44. The first kappa shape index (κ1) is 9.80. The summed E-state index contributed by atoms with van der Waals surface area (Å²) in [5.74, 6) is 2.18. The van der Waals surface area contributed by atoms with Crippen molar-refractivity contribution in [1.29, 1.82) is 5.26 Å². The maximum absolute atomic E-state index is 8.13. The topological polar surface area (TPSA) is 33.0 Å². The Morgan fingerprint density at radius 2 is 2.30 bits per heavy atom. The summed E-state index contributed by atoms with van der Waals surface area (Å²) < 4.78 is 5.13. The van der Waals surface area contributed by atoms with Gasteiger partial charge >= 0.3 is 0 Å². The Kier molecular flexibility index (Phi) is 8.62. The minimum Gasteiger partial charge on any atom is -0.380 e. The molecule has 0 aliphatic rings. The van der Waals surface area contributed by atoms with Gasteiger partial charge in [0, 0.05) is 5.75 Å². The normalized spacial score (nSPS) is 9.20. The molecule has 0 amide bonds. The van der Waals surface area contributed by atoms with Crippen molar-refractivity contribution in [2.75, 3.05) is 24.7 Å². The van der Waals surface area contributed by atoms with Crippen LogP contribution in [0.3, 0.4) is 0 Å². The number of thioether (sulfide) groups is 1. The first-order chi connectivity index (χ1) is 4.91. The zero-order valence-corrected chi connectivity index (χ0v) is 7.12. The van der Waals surface area contributed by atoms with E-state index in [4.69, 9.17) is 10.00 Å². The number of rotatable bonds is 6. The maximum atomic E-state index is 8.13. The maximum Gasteiger partial charge on any atom is 0.0645 e. The molecule has 0 N–H and O–H groups in total. The average molecular weight is 159 g/mol. The quantitative estimate of drug-likeness (QED) is 0.553. The van der Waals surface area contributed by atoms with Crippen molar-refractivity contribution in [3.63, 3.8) is 0 Å². The third kappa shape index (κ3) is 7.80. The van der Waals surface area contributed by atoms with Crippen LogP contribution >= 0.6 is 11.8 Å². The molecule has 0 aromatic carbocycles. The van der Waals surface area contributed by atoms with E-state index in [-0.39, 0.29) is 0 Å². The van der Waals surface area contributed by atoms with Crippen LogP contribution in [-0.2, 0) is 4.74 Å². The van der Waals surface area contributed by atoms with E-state index in [1.54, 1.807) is 0 Å². The van der Waals surface area contributed by atoms with E-state index in [0.717, 1.165) is 18.1 Å². The Bertz CT molecular complexity index is 100. The highest BCUT2D eigenvalue weighted by atomic mass is 32.2. The van der Waals surface area contributed by atoms with Crippen LogP contribution in [0.5, 0.6) is 0 Å². The van der Waals surface area contributed by atoms with Crippen molar-refractivity contribution in [3.05, 3.63) is 0 Å². The molecule has 0 spiro atoms. The highest BCUT2D eigenvalue weighted by Gasteiger charge is 1.86. The van der Waals surface area contributed by atoms with Gasteiger partial charge in [0.05, 0.1) is 25.7 Å². The molecule has 0 heterocycles. The van der Waals surface area contributed by atoms with E-state index in [1.807, 2.05) is 17.8 Å². The summed E-state index contributed by atoms with van der Waals surface area (Å²) in [6.45, 7) is 3.49.